The van der Waals surface area contributed by atoms with Gasteiger partial charge in [-0.05, 0) is 53.8 Å². The third-order valence-corrected chi connectivity index (χ3v) is 7.28. The summed E-state index contributed by atoms with van der Waals surface area (Å²) in [6.45, 7) is 0.811. The van der Waals surface area contributed by atoms with E-state index in [0.29, 0.717) is 25.3 Å². The third-order valence-electron chi connectivity index (χ3n) is 4.41. The molecule has 27 heavy (non-hydrogen) atoms. The van der Waals surface area contributed by atoms with E-state index < -0.39 is 15.9 Å². The number of fused-ring (bicyclic) bond motifs is 1. The summed E-state index contributed by atoms with van der Waals surface area (Å²) in [4.78, 5) is 17.8. The first-order chi connectivity index (χ1) is 13.0. The molecule has 0 fully saturated rings. The molecule has 1 aliphatic rings. The van der Waals surface area contributed by atoms with Crippen molar-refractivity contribution in [3.8, 4) is 0 Å². The van der Waals surface area contributed by atoms with Crippen molar-refractivity contribution in [3.63, 3.8) is 0 Å². The Hall–Kier alpha value is -2.55. The molecule has 0 radical (unpaired) electrons. The van der Waals surface area contributed by atoms with Crippen LogP contribution in [0.2, 0.25) is 0 Å². The van der Waals surface area contributed by atoms with Crippen LogP contribution in [-0.2, 0) is 23.0 Å². The van der Waals surface area contributed by atoms with E-state index in [9.17, 15) is 13.2 Å². The van der Waals surface area contributed by atoms with Crippen LogP contribution < -0.4 is 5.32 Å². The quantitative estimate of drug-likeness (QED) is 0.731. The smallest absolute Gasteiger partial charge is 0.256 e. The number of nitrogens with zero attached hydrogens (tertiary/aromatic N) is 2. The van der Waals surface area contributed by atoms with Gasteiger partial charge in [-0.25, -0.2) is 13.4 Å². The van der Waals surface area contributed by atoms with Gasteiger partial charge >= 0.3 is 0 Å². The lowest BCUT2D eigenvalue weighted by molar-refractivity contribution is 0.102. The Labute approximate surface area is 161 Å². The zero-order valence-electron chi connectivity index (χ0n) is 14.3. The summed E-state index contributed by atoms with van der Waals surface area (Å²) in [5, 5.41) is 4.66. The van der Waals surface area contributed by atoms with Crippen molar-refractivity contribution in [2.75, 3.05) is 11.9 Å². The fourth-order valence-corrected chi connectivity index (χ4v) is 5.35. The molecule has 0 saturated carbocycles. The zero-order valence-corrected chi connectivity index (χ0v) is 16.0. The van der Waals surface area contributed by atoms with Crippen molar-refractivity contribution in [2.24, 2.45) is 0 Å². The van der Waals surface area contributed by atoms with Gasteiger partial charge in [0.25, 0.3) is 5.91 Å². The second-order valence-electron chi connectivity index (χ2n) is 6.15. The summed E-state index contributed by atoms with van der Waals surface area (Å²) < 4.78 is 27.5. The Balaban J connectivity index is 1.57. The van der Waals surface area contributed by atoms with Crippen molar-refractivity contribution < 1.29 is 13.2 Å². The molecule has 0 bridgehead atoms. The first-order valence-corrected chi connectivity index (χ1v) is 10.7. The van der Waals surface area contributed by atoms with Crippen LogP contribution in [0.5, 0.6) is 0 Å². The Morgan fingerprint density at radius 2 is 2.04 bits per heavy atom. The van der Waals surface area contributed by atoms with E-state index in [0.717, 1.165) is 5.56 Å². The Kier molecular flexibility index (Phi) is 4.77. The van der Waals surface area contributed by atoms with E-state index in [1.165, 1.54) is 21.3 Å². The predicted octanol–water partition coefficient (Wildman–Crippen LogP) is 3.14. The molecule has 0 spiro atoms. The summed E-state index contributed by atoms with van der Waals surface area (Å²) in [6, 6.07) is 13.3. The maximum absolute atomic E-state index is 13.0. The molecule has 0 atom stereocenters. The van der Waals surface area contributed by atoms with Gasteiger partial charge in [0.2, 0.25) is 10.0 Å². The van der Waals surface area contributed by atoms with Crippen molar-refractivity contribution in [2.45, 2.75) is 17.9 Å². The molecule has 4 rings (SSSR count). The van der Waals surface area contributed by atoms with E-state index >= 15 is 0 Å². The van der Waals surface area contributed by atoms with Crippen LogP contribution in [0.4, 0.5) is 5.82 Å². The molecular formula is C19H17N3O3S2. The Morgan fingerprint density at radius 1 is 1.15 bits per heavy atom. The molecule has 1 aromatic carbocycles. The van der Waals surface area contributed by atoms with E-state index in [1.807, 2.05) is 11.4 Å². The number of carbonyl (C=O) groups excluding carboxylic acids is 1. The highest BCUT2D eigenvalue weighted by molar-refractivity contribution is 7.89. The molecule has 1 N–H and O–H groups in total. The first-order valence-electron chi connectivity index (χ1n) is 8.42. The average molecular weight is 399 g/mol. The average Bonchev–Trinajstić information content (AvgIpc) is 3.17. The molecule has 1 amide bonds. The number of pyridine rings is 1. The lowest BCUT2D eigenvalue weighted by atomic mass is 10.1. The number of sulfonamides is 1. The third kappa shape index (κ3) is 3.64. The van der Waals surface area contributed by atoms with Gasteiger partial charge in [0.1, 0.15) is 5.82 Å². The molecule has 3 heterocycles. The molecule has 0 aliphatic carbocycles. The van der Waals surface area contributed by atoms with Gasteiger partial charge in [-0.3, -0.25) is 4.79 Å². The van der Waals surface area contributed by atoms with Gasteiger partial charge in [-0.15, -0.1) is 11.3 Å². The lowest BCUT2D eigenvalue weighted by Crippen LogP contribution is -2.35. The van der Waals surface area contributed by atoms with Crippen LogP contribution in [-0.4, -0.2) is 30.2 Å². The summed E-state index contributed by atoms with van der Waals surface area (Å²) in [5.41, 5.74) is 1.33. The number of anilines is 1. The highest BCUT2D eigenvalue weighted by Gasteiger charge is 2.29. The molecular weight excluding hydrogens is 382 g/mol. The summed E-state index contributed by atoms with van der Waals surface area (Å²) >= 11 is 1.66. The minimum Gasteiger partial charge on any atom is -0.307 e. The van der Waals surface area contributed by atoms with Gasteiger partial charge in [-0.2, -0.15) is 4.31 Å². The number of hydrogen-bond acceptors (Lipinski definition) is 5. The van der Waals surface area contributed by atoms with Crippen molar-refractivity contribution >= 4 is 33.1 Å². The maximum atomic E-state index is 13.0. The van der Waals surface area contributed by atoms with E-state index in [-0.39, 0.29) is 10.5 Å². The topological polar surface area (TPSA) is 79.4 Å². The number of nitrogens with one attached hydrogen (secondary N) is 1. The van der Waals surface area contributed by atoms with Crippen LogP contribution in [0, 0.1) is 0 Å². The number of benzene rings is 1. The van der Waals surface area contributed by atoms with Gasteiger partial charge in [0, 0.05) is 29.7 Å². The number of amides is 1. The van der Waals surface area contributed by atoms with Crippen LogP contribution in [0.3, 0.4) is 0 Å². The molecule has 2 aromatic heterocycles. The van der Waals surface area contributed by atoms with E-state index in [4.69, 9.17) is 0 Å². The standard InChI is InChI=1S/C19H17N3O3S2/c23-19(21-18-6-1-2-9-20-18)14-4-3-5-16(12-14)27(24,25)22-10-7-17-15(13-22)8-11-26-17/h1-6,8-9,11-12H,7,10,13H2,(H,20,21,23). The predicted molar refractivity (Wildman–Crippen MR) is 104 cm³/mol. The van der Waals surface area contributed by atoms with Crippen molar-refractivity contribution in [3.05, 3.63) is 76.1 Å². The van der Waals surface area contributed by atoms with Crippen LogP contribution >= 0.6 is 11.3 Å². The molecule has 0 unspecified atom stereocenters. The monoisotopic (exact) mass is 399 g/mol. The second-order valence-corrected chi connectivity index (χ2v) is 9.09. The second kappa shape index (κ2) is 7.22. The van der Waals surface area contributed by atoms with E-state index in [2.05, 4.69) is 10.3 Å². The minimum absolute atomic E-state index is 0.120. The van der Waals surface area contributed by atoms with Gasteiger partial charge in [0.15, 0.2) is 0 Å². The highest BCUT2D eigenvalue weighted by Crippen LogP contribution is 2.28. The van der Waals surface area contributed by atoms with Crippen LogP contribution in [0.15, 0.2) is 65.0 Å². The Morgan fingerprint density at radius 3 is 2.85 bits per heavy atom. The summed E-state index contributed by atoms with van der Waals surface area (Å²) in [7, 11) is -3.67. The van der Waals surface area contributed by atoms with Gasteiger partial charge in [-0.1, -0.05) is 12.1 Å². The normalized spacial score (nSPS) is 14.5. The minimum atomic E-state index is -3.67. The van der Waals surface area contributed by atoms with Crippen LogP contribution in [0.1, 0.15) is 20.8 Å². The number of carbonyl (C=O) groups is 1. The number of thiophene rings is 1. The molecule has 138 valence electrons. The number of aromatic nitrogens is 1. The largest absolute Gasteiger partial charge is 0.307 e. The fraction of sp³-hybridized carbons (Fsp3) is 0.158. The summed E-state index contributed by atoms with van der Waals surface area (Å²) in [6.07, 6.45) is 2.29. The number of rotatable bonds is 4. The molecule has 0 saturated heterocycles. The molecule has 6 nitrogen and oxygen atoms in total. The molecule has 3 aromatic rings. The first kappa shape index (κ1) is 17.8. The van der Waals surface area contributed by atoms with Gasteiger partial charge in [0.05, 0.1) is 4.90 Å². The highest BCUT2D eigenvalue weighted by atomic mass is 32.2. The molecule has 8 heteroatoms. The van der Waals surface area contributed by atoms with Crippen molar-refractivity contribution in [1.29, 1.82) is 0 Å². The Bertz CT molecular complexity index is 1080. The maximum Gasteiger partial charge on any atom is 0.256 e. The fourth-order valence-electron chi connectivity index (χ4n) is 3.00. The van der Waals surface area contributed by atoms with E-state index in [1.54, 1.807) is 47.9 Å². The lowest BCUT2D eigenvalue weighted by Gasteiger charge is -2.26. The number of hydrogen-bond donors (Lipinski definition) is 1. The molecule has 1 aliphatic heterocycles. The SMILES string of the molecule is O=C(Nc1ccccn1)c1cccc(S(=O)(=O)N2CCc3sccc3C2)c1. The van der Waals surface area contributed by atoms with Gasteiger partial charge < -0.3 is 5.32 Å². The van der Waals surface area contributed by atoms with Crippen molar-refractivity contribution in [1.82, 2.24) is 9.29 Å². The zero-order chi connectivity index (χ0) is 18.9. The van der Waals surface area contributed by atoms with Crippen LogP contribution in [0.25, 0.3) is 0 Å². The summed E-state index contributed by atoms with van der Waals surface area (Å²) in [5.74, 6) is 0.0151.